The molecule has 0 rings (SSSR count). The van der Waals surface area contributed by atoms with Crippen molar-refractivity contribution in [3.05, 3.63) is 0 Å². The Kier molecular flexibility index (Phi) is 2.97. The molecule has 3 heteroatoms. The van der Waals surface area contributed by atoms with Crippen molar-refractivity contribution < 1.29 is 5.11 Å². The second kappa shape index (κ2) is 3.02. The summed E-state index contributed by atoms with van der Waals surface area (Å²) in [7, 11) is 7.30. The van der Waals surface area contributed by atoms with E-state index in [2.05, 4.69) is 0 Å². The zero-order chi connectivity index (χ0) is 6.73. The van der Waals surface area contributed by atoms with Crippen molar-refractivity contribution in [3.8, 4) is 0 Å². The van der Waals surface area contributed by atoms with E-state index in [1.807, 2.05) is 28.2 Å². The molecule has 0 aliphatic carbocycles. The largest absolute Gasteiger partial charge is 0.365 e. The zero-order valence-corrected chi connectivity index (χ0v) is 5.92. The molecule has 0 aromatic heterocycles. The molecule has 1 N–H and O–H groups in total. The minimum atomic E-state index is -0.463. The van der Waals surface area contributed by atoms with Crippen molar-refractivity contribution in [3.63, 3.8) is 0 Å². The Balaban J connectivity index is 3.46. The van der Waals surface area contributed by atoms with Gasteiger partial charge in [-0.2, -0.15) is 0 Å². The third kappa shape index (κ3) is 2.26. The number of aliphatic hydroxyl groups excluding tert-OH is 1. The van der Waals surface area contributed by atoms with Gasteiger partial charge in [0, 0.05) is 0 Å². The second-order valence-corrected chi connectivity index (χ2v) is 2.27. The van der Waals surface area contributed by atoms with Gasteiger partial charge in [0.15, 0.2) is 6.35 Å². The van der Waals surface area contributed by atoms with Crippen LogP contribution in [0, 0.1) is 0 Å². The fraction of sp³-hybridized carbons (Fsp3) is 1.00. The van der Waals surface area contributed by atoms with E-state index in [1.54, 1.807) is 9.80 Å². The molecule has 0 aromatic rings. The first-order valence-electron chi connectivity index (χ1n) is 2.56. The zero-order valence-electron chi connectivity index (χ0n) is 5.92. The Morgan fingerprint density at radius 2 is 1.25 bits per heavy atom. The predicted octanol–water partition coefficient (Wildman–Crippen LogP) is -0.615. The average molecular weight is 118 g/mol. The number of rotatable bonds is 2. The summed E-state index contributed by atoms with van der Waals surface area (Å²) in [6.07, 6.45) is -0.463. The fourth-order valence-corrected chi connectivity index (χ4v) is 0.462. The van der Waals surface area contributed by atoms with Crippen LogP contribution in [0.3, 0.4) is 0 Å². The molecule has 0 heterocycles. The van der Waals surface area contributed by atoms with Crippen molar-refractivity contribution >= 4 is 0 Å². The number of aliphatic hydroxyl groups is 1. The van der Waals surface area contributed by atoms with Crippen molar-refractivity contribution in [2.75, 3.05) is 28.2 Å². The van der Waals surface area contributed by atoms with Crippen LogP contribution < -0.4 is 0 Å². The summed E-state index contributed by atoms with van der Waals surface area (Å²) >= 11 is 0. The molecule has 0 spiro atoms. The molecule has 0 fully saturated rings. The smallest absolute Gasteiger partial charge is 0.164 e. The molecule has 0 amide bonds. The van der Waals surface area contributed by atoms with Crippen molar-refractivity contribution in [1.82, 2.24) is 9.80 Å². The highest BCUT2D eigenvalue weighted by atomic mass is 16.3. The summed E-state index contributed by atoms with van der Waals surface area (Å²) in [5, 5.41) is 9.06. The molecule has 3 nitrogen and oxygen atoms in total. The van der Waals surface area contributed by atoms with E-state index in [0.29, 0.717) is 0 Å². The van der Waals surface area contributed by atoms with Gasteiger partial charge in [-0.1, -0.05) is 0 Å². The third-order valence-electron chi connectivity index (χ3n) is 0.924. The maximum atomic E-state index is 9.06. The maximum absolute atomic E-state index is 9.06. The molecule has 0 bridgehead atoms. The Morgan fingerprint density at radius 3 is 1.25 bits per heavy atom. The highest BCUT2D eigenvalue weighted by molar-refractivity contribution is 4.44. The van der Waals surface area contributed by atoms with Crippen LogP contribution in [0.25, 0.3) is 0 Å². The quantitative estimate of drug-likeness (QED) is 0.490. The monoisotopic (exact) mass is 118 g/mol. The summed E-state index contributed by atoms with van der Waals surface area (Å²) in [5.41, 5.74) is 0. The van der Waals surface area contributed by atoms with E-state index < -0.39 is 6.35 Å². The fourth-order valence-electron chi connectivity index (χ4n) is 0.462. The van der Waals surface area contributed by atoms with Crippen LogP contribution in [-0.4, -0.2) is 49.4 Å². The van der Waals surface area contributed by atoms with Crippen LogP contribution >= 0.6 is 0 Å². The van der Waals surface area contributed by atoms with E-state index >= 15 is 0 Å². The Hall–Kier alpha value is -0.120. The molecule has 0 aromatic carbocycles. The molecule has 50 valence electrons. The molecular formula is C5H14N2O. The normalized spacial score (nSPS) is 12.0. The molecule has 0 aliphatic rings. The van der Waals surface area contributed by atoms with Gasteiger partial charge in [-0.15, -0.1) is 0 Å². The van der Waals surface area contributed by atoms with Crippen molar-refractivity contribution in [2.24, 2.45) is 0 Å². The highest BCUT2D eigenvalue weighted by Gasteiger charge is 2.06. The minimum absolute atomic E-state index is 0.463. The Labute approximate surface area is 50.5 Å². The van der Waals surface area contributed by atoms with Gasteiger partial charge in [0.05, 0.1) is 0 Å². The van der Waals surface area contributed by atoms with Crippen LogP contribution in [0.5, 0.6) is 0 Å². The molecule has 0 unspecified atom stereocenters. The van der Waals surface area contributed by atoms with Gasteiger partial charge >= 0.3 is 0 Å². The summed E-state index contributed by atoms with van der Waals surface area (Å²) in [5.74, 6) is 0. The summed E-state index contributed by atoms with van der Waals surface area (Å²) in [6, 6.07) is 0. The molecule has 0 radical (unpaired) electrons. The molecule has 0 saturated heterocycles. The first-order valence-corrected chi connectivity index (χ1v) is 2.56. The highest BCUT2D eigenvalue weighted by Crippen LogP contribution is 1.88. The summed E-state index contributed by atoms with van der Waals surface area (Å²) in [6.45, 7) is 0. The summed E-state index contributed by atoms with van der Waals surface area (Å²) < 4.78 is 0. The van der Waals surface area contributed by atoms with Crippen LogP contribution in [-0.2, 0) is 0 Å². The lowest BCUT2D eigenvalue weighted by molar-refractivity contribution is -0.0650. The second-order valence-electron chi connectivity index (χ2n) is 2.27. The minimum Gasteiger partial charge on any atom is -0.365 e. The van der Waals surface area contributed by atoms with E-state index in [0.717, 1.165) is 0 Å². The van der Waals surface area contributed by atoms with Gasteiger partial charge in [-0.05, 0) is 28.2 Å². The van der Waals surface area contributed by atoms with Crippen molar-refractivity contribution in [1.29, 1.82) is 0 Å². The Morgan fingerprint density at radius 1 is 1.00 bits per heavy atom. The number of nitrogens with zero attached hydrogens (tertiary/aromatic N) is 2. The van der Waals surface area contributed by atoms with Gasteiger partial charge in [0.25, 0.3) is 0 Å². The number of hydrogen-bond acceptors (Lipinski definition) is 3. The molecule has 0 atom stereocenters. The first kappa shape index (κ1) is 7.88. The number of hydrogen-bond donors (Lipinski definition) is 1. The predicted molar refractivity (Wildman–Crippen MR) is 33.4 cm³/mol. The van der Waals surface area contributed by atoms with Crippen LogP contribution in [0.1, 0.15) is 0 Å². The summed E-state index contributed by atoms with van der Waals surface area (Å²) in [4.78, 5) is 3.44. The van der Waals surface area contributed by atoms with E-state index in [4.69, 9.17) is 5.11 Å². The van der Waals surface area contributed by atoms with E-state index in [1.165, 1.54) is 0 Å². The van der Waals surface area contributed by atoms with Gasteiger partial charge < -0.3 is 5.11 Å². The Bertz CT molecular complexity index is 55.4. The van der Waals surface area contributed by atoms with Crippen LogP contribution in [0.4, 0.5) is 0 Å². The topological polar surface area (TPSA) is 26.7 Å². The van der Waals surface area contributed by atoms with Crippen molar-refractivity contribution in [2.45, 2.75) is 6.35 Å². The van der Waals surface area contributed by atoms with Gasteiger partial charge in [0.2, 0.25) is 0 Å². The lowest BCUT2D eigenvalue weighted by Crippen LogP contribution is -2.39. The average Bonchev–Trinajstić information content (AvgIpc) is 1.64. The van der Waals surface area contributed by atoms with E-state index in [9.17, 15) is 0 Å². The molecule has 0 aliphatic heterocycles. The maximum Gasteiger partial charge on any atom is 0.164 e. The SMILES string of the molecule is CN(C)C(O)N(C)C. The lowest BCUT2D eigenvalue weighted by atomic mass is 10.7. The third-order valence-corrected chi connectivity index (χ3v) is 0.924. The van der Waals surface area contributed by atoms with Gasteiger partial charge in [-0.25, -0.2) is 0 Å². The van der Waals surface area contributed by atoms with Crippen LogP contribution in [0.2, 0.25) is 0 Å². The first-order chi connectivity index (χ1) is 3.55. The lowest BCUT2D eigenvalue weighted by Gasteiger charge is -2.24. The van der Waals surface area contributed by atoms with Gasteiger partial charge in [0.1, 0.15) is 0 Å². The molecular weight excluding hydrogens is 104 g/mol. The molecule has 8 heavy (non-hydrogen) atoms. The van der Waals surface area contributed by atoms with Gasteiger partial charge in [-0.3, -0.25) is 9.80 Å². The van der Waals surface area contributed by atoms with E-state index in [-0.39, 0.29) is 0 Å². The standard InChI is InChI=1S/C5H14N2O/c1-6(2)5(8)7(3)4/h5,8H,1-4H3. The molecule has 0 saturated carbocycles. The van der Waals surface area contributed by atoms with Crippen LogP contribution in [0.15, 0.2) is 0 Å².